The third-order valence-corrected chi connectivity index (χ3v) is 4.71. The second kappa shape index (κ2) is 5.83. The molecule has 2 heterocycles. The van der Waals surface area contributed by atoms with Crippen LogP contribution in [0.4, 0.5) is 5.69 Å². The van der Waals surface area contributed by atoms with E-state index >= 15 is 0 Å². The Morgan fingerprint density at radius 1 is 1.25 bits per heavy atom. The topological polar surface area (TPSA) is 58.6 Å². The van der Waals surface area contributed by atoms with Crippen molar-refractivity contribution < 1.29 is 14.3 Å². The van der Waals surface area contributed by atoms with Gasteiger partial charge in [-0.3, -0.25) is 9.59 Å². The number of benzene rings is 2. The van der Waals surface area contributed by atoms with Crippen molar-refractivity contribution in [2.75, 3.05) is 18.4 Å². The smallest absolute Gasteiger partial charge is 0.228 e. The molecule has 0 bridgehead atoms. The van der Waals surface area contributed by atoms with Crippen molar-refractivity contribution in [2.24, 2.45) is 0 Å². The van der Waals surface area contributed by atoms with Crippen LogP contribution in [0, 0.1) is 0 Å². The van der Waals surface area contributed by atoms with Crippen LogP contribution in [0.2, 0.25) is 5.02 Å². The van der Waals surface area contributed by atoms with E-state index in [2.05, 4.69) is 5.32 Å². The Labute approximate surface area is 144 Å². The van der Waals surface area contributed by atoms with E-state index in [1.165, 1.54) is 0 Å². The second-order valence-corrected chi connectivity index (χ2v) is 6.39. The molecule has 2 amide bonds. The van der Waals surface area contributed by atoms with Gasteiger partial charge in [-0.1, -0.05) is 29.8 Å². The summed E-state index contributed by atoms with van der Waals surface area (Å²) < 4.78 is 5.89. The average Bonchev–Trinajstić information content (AvgIpc) is 2.91. The Kier molecular flexibility index (Phi) is 3.65. The van der Waals surface area contributed by atoms with Crippen LogP contribution in [-0.4, -0.2) is 36.4 Å². The van der Waals surface area contributed by atoms with Crippen molar-refractivity contribution in [3.05, 3.63) is 47.0 Å². The van der Waals surface area contributed by atoms with Gasteiger partial charge < -0.3 is 15.0 Å². The molecule has 2 aromatic carbocycles. The molecule has 6 heteroatoms. The van der Waals surface area contributed by atoms with Crippen molar-refractivity contribution in [3.63, 3.8) is 0 Å². The molecule has 1 N–H and O–H groups in total. The van der Waals surface area contributed by atoms with Crippen molar-refractivity contribution in [1.82, 2.24) is 4.90 Å². The van der Waals surface area contributed by atoms with Crippen LogP contribution in [0.15, 0.2) is 36.4 Å². The number of hydrogen-bond donors (Lipinski definition) is 1. The Morgan fingerprint density at radius 3 is 2.88 bits per heavy atom. The van der Waals surface area contributed by atoms with Crippen LogP contribution >= 0.6 is 11.6 Å². The second-order valence-electron chi connectivity index (χ2n) is 6.01. The number of rotatable bonds is 4. The van der Waals surface area contributed by atoms with Gasteiger partial charge in [-0.2, -0.15) is 0 Å². The number of hydrogen-bond acceptors (Lipinski definition) is 3. The molecule has 2 aliphatic heterocycles. The van der Waals surface area contributed by atoms with Gasteiger partial charge in [0.1, 0.15) is 11.9 Å². The highest BCUT2D eigenvalue weighted by Gasteiger charge is 2.28. The fourth-order valence-corrected chi connectivity index (χ4v) is 3.31. The number of fused-ring (bicyclic) bond motifs is 1. The monoisotopic (exact) mass is 342 g/mol. The number of amides is 2. The minimum atomic E-state index is -0.0233. The lowest BCUT2D eigenvalue weighted by Gasteiger charge is -2.36. The van der Waals surface area contributed by atoms with Gasteiger partial charge in [0.15, 0.2) is 0 Å². The molecule has 24 heavy (non-hydrogen) atoms. The molecule has 1 fully saturated rings. The first kappa shape index (κ1) is 15.0. The standard InChI is InChI=1S/C18H15ClN2O3/c19-18-14(11-4-5-15-12(6-11)7-17(23)20-15)2-1-3-16(18)24-13-8-21(9-13)10-22/h1-6,10,13H,7-9H2,(H,20,23). The molecule has 0 atom stereocenters. The molecule has 122 valence electrons. The minimum absolute atomic E-state index is 0.00930. The summed E-state index contributed by atoms with van der Waals surface area (Å²) in [6.45, 7) is 1.16. The van der Waals surface area contributed by atoms with Crippen LogP contribution < -0.4 is 10.1 Å². The summed E-state index contributed by atoms with van der Waals surface area (Å²) in [5.74, 6) is 0.620. The number of anilines is 1. The van der Waals surface area contributed by atoms with Crippen LogP contribution in [-0.2, 0) is 16.0 Å². The first-order valence-electron chi connectivity index (χ1n) is 7.71. The van der Waals surface area contributed by atoms with Gasteiger partial charge in [0.25, 0.3) is 0 Å². The van der Waals surface area contributed by atoms with Gasteiger partial charge in [-0.15, -0.1) is 0 Å². The Balaban J connectivity index is 1.60. The van der Waals surface area contributed by atoms with Crippen molar-refractivity contribution >= 4 is 29.6 Å². The van der Waals surface area contributed by atoms with E-state index in [1.807, 2.05) is 36.4 Å². The molecule has 4 rings (SSSR count). The number of halogens is 1. The summed E-state index contributed by atoms with van der Waals surface area (Å²) in [5, 5.41) is 3.36. The zero-order chi connectivity index (χ0) is 16.7. The van der Waals surface area contributed by atoms with E-state index in [0.717, 1.165) is 28.8 Å². The highest BCUT2D eigenvalue weighted by atomic mass is 35.5. The van der Waals surface area contributed by atoms with Gasteiger partial charge >= 0.3 is 0 Å². The van der Waals surface area contributed by atoms with Crippen molar-refractivity contribution in [1.29, 1.82) is 0 Å². The normalized spacial score (nSPS) is 16.4. The predicted molar refractivity (Wildman–Crippen MR) is 91.3 cm³/mol. The molecule has 0 aromatic heterocycles. The predicted octanol–water partition coefficient (Wildman–Crippen LogP) is 2.72. The SMILES string of the molecule is O=CN1CC(Oc2cccc(-c3ccc4c(c3)CC(=O)N4)c2Cl)C1. The van der Waals surface area contributed by atoms with E-state index in [1.54, 1.807) is 4.90 Å². The first-order chi connectivity index (χ1) is 11.6. The minimum Gasteiger partial charge on any atom is -0.485 e. The zero-order valence-corrected chi connectivity index (χ0v) is 13.5. The Bertz CT molecular complexity index is 831. The maximum Gasteiger partial charge on any atom is 0.228 e. The van der Waals surface area contributed by atoms with Crippen molar-refractivity contribution in [3.8, 4) is 16.9 Å². The molecule has 0 aliphatic carbocycles. The maximum atomic E-state index is 11.5. The van der Waals surface area contributed by atoms with Gasteiger partial charge in [0.05, 0.1) is 24.5 Å². The van der Waals surface area contributed by atoms with Crippen LogP contribution in [0.5, 0.6) is 5.75 Å². The number of carbonyl (C=O) groups excluding carboxylic acids is 2. The zero-order valence-electron chi connectivity index (χ0n) is 12.8. The quantitative estimate of drug-likeness (QED) is 0.869. The summed E-state index contributed by atoms with van der Waals surface area (Å²) >= 11 is 6.53. The lowest BCUT2D eigenvalue weighted by Crippen LogP contribution is -2.52. The van der Waals surface area contributed by atoms with Crippen LogP contribution in [0.25, 0.3) is 11.1 Å². The fraction of sp³-hybridized carbons (Fsp3) is 0.222. The summed E-state index contributed by atoms with van der Waals surface area (Å²) in [4.78, 5) is 23.8. The third-order valence-electron chi connectivity index (χ3n) is 4.32. The maximum absolute atomic E-state index is 11.5. The van der Waals surface area contributed by atoms with Gasteiger partial charge in [0, 0.05) is 11.3 Å². The molecule has 5 nitrogen and oxygen atoms in total. The van der Waals surface area contributed by atoms with E-state index < -0.39 is 0 Å². The third kappa shape index (κ3) is 2.61. The number of ether oxygens (including phenoxy) is 1. The lowest BCUT2D eigenvalue weighted by molar-refractivity contribution is -0.126. The average molecular weight is 343 g/mol. The highest BCUT2D eigenvalue weighted by molar-refractivity contribution is 6.34. The van der Waals surface area contributed by atoms with Gasteiger partial charge in [-0.05, 0) is 29.3 Å². The lowest BCUT2D eigenvalue weighted by atomic mass is 10.0. The molecule has 2 aromatic rings. The number of carbonyl (C=O) groups is 2. The number of likely N-dealkylation sites (tertiary alicyclic amines) is 1. The molecular weight excluding hydrogens is 328 g/mol. The molecular formula is C18H15ClN2O3. The van der Waals surface area contributed by atoms with Crippen LogP contribution in [0.1, 0.15) is 5.56 Å². The first-order valence-corrected chi connectivity index (χ1v) is 8.09. The summed E-state index contributed by atoms with van der Waals surface area (Å²) in [5.41, 5.74) is 3.64. The molecule has 0 radical (unpaired) electrons. The highest BCUT2D eigenvalue weighted by Crippen LogP contribution is 2.38. The molecule has 0 spiro atoms. The van der Waals surface area contributed by atoms with Gasteiger partial charge in [0.2, 0.25) is 12.3 Å². The number of nitrogens with zero attached hydrogens (tertiary/aromatic N) is 1. The van der Waals surface area contributed by atoms with E-state index in [9.17, 15) is 9.59 Å². The van der Waals surface area contributed by atoms with Crippen LogP contribution in [0.3, 0.4) is 0 Å². The fourth-order valence-electron chi connectivity index (χ4n) is 3.03. The molecule has 2 aliphatic rings. The van der Waals surface area contributed by atoms with Crippen molar-refractivity contribution in [2.45, 2.75) is 12.5 Å². The Hall–Kier alpha value is -2.53. The van der Waals surface area contributed by atoms with E-state index in [4.69, 9.17) is 16.3 Å². The largest absolute Gasteiger partial charge is 0.485 e. The summed E-state index contributed by atoms with van der Waals surface area (Å²) in [6.07, 6.45) is 1.18. The van der Waals surface area contributed by atoms with Gasteiger partial charge in [-0.25, -0.2) is 0 Å². The number of nitrogens with one attached hydrogen (secondary N) is 1. The Morgan fingerprint density at radius 2 is 2.08 bits per heavy atom. The van der Waals surface area contributed by atoms with E-state index in [-0.39, 0.29) is 12.0 Å². The molecule has 0 saturated carbocycles. The molecule has 0 unspecified atom stereocenters. The summed E-state index contributed by atoms with van der Waals surface area (Å²) in [6, 6.07) is 11.5. The van der Waals surface area contributed by atoms with E-state index in [0.29, 0.717) is 30.3 Å². The summed E-state index contributed by atoms with van der Waals surface area (Å²) in [7, 11) is 0. The molecule has 1 saturated heterocycles.